The first-order valence-corrected chi connectivity index (χ1v) is 7.81. The van der Waals surface area contributed by atoms with Gasteiger partial charge in [-0.15, -0.1) is 0 Å². The molecule has 0 bridgehead atoms. The molecule has 1 fully saturated rings. The standard InChI is InChI=1S/C17H27NO2/c1-14(2)18-13-15-7-9-17(10-8-15)20-12-4-6-16-5-3-11-19-16/h7-10,14,16,18H,3-6,11-13H2,1-2H3. The highest BCUT2D eigenvalue weighted by Crippen LogP contribution is 2.17. The van der Waals surface area contributed by atoms with E-state index in [4.69, 9.17) is 9.47 Å². The highest BCUT2D eigenvalue weighted by molar-refractivity contribution is 5.27. The van der Waals surface area contributed by atoms with Crippen LogP contribution in [0.3, 0.4) is 0 Å². The normalized spacial score (nSPS) is 18.6. The molecule has 3 nitrogen and oxygen atoms in total. The summed E-state index contributed by atoms with van der Waals surface area (Å²) in [5.74, 6) is 0.964. The fourth-order valence-electron chi connectivity index (χ4n) is 2.40. The van der Waals surface area contributed by atoms with Crippen molar-refractivity contribution in [1.29, 1.82) is 0 Å². The summed E-state index contributed by atoms with van der Waals surface area (Å²) < 4.78 is 11.4. The maximum absolute atomic E-state index is 5.77. The van der Waals surface area contributed by atoms with Crippen LogP contribution in [0.5, 0.6) is 5.75 Å². The van der Waals surface area contributed by atoms with Crippen LogP contribution in [0.2, 0.25) is 0 Å². The summed E-state index contributed by atoms with van der Waals surface area (Å²) >= 11 is 0. The van der Waals surface area contributed by atoms with Gasteiger partial charge in [0.05, 0.1) is 12.7 Å². The molecule has 1 N–H and O–H groups in total. The summed E-state index contributed by atoms with van der Waals surface area (Å²) in [6, 6.07) is 8.89. The number of hydrogen-bond acceptors (Lipinski definition) is 3. The van der Waals surface area contributed by atoms with Crippen molar-refractivity contribution in [1.82, 2.24) is 5.32 Å². The van der Waals surface area contributed by atoms with E-state index in [0.717, 1.165) is 38.3 Å². The maximum Gasteiger partial charge on any atom is 0.119 e. The SMILES string of the molecule is CC(C)NCc1ccc(OCCCC2CCCO2)cc1. The van der Waals surface area contributed by atoms with E-state index in [9.17, 15) is 0 Å². The first-order valence-electron chi connectivity index (χ1n) is 7.81. The van der Waals surface area contributed by atoms with Crippen LogP contribution in [0, 0.1) is 0 Å². The van der Waals surface area contributed by atoms with Gasteiger partial charge in [-0.25, -0.2) is 0 Å². The Labute approximate surface area is 122 Å². The quantitative estimate of drug-likeness (QED) is 0.737. The Morgan fingerprint density at radius 1 is 1.30 bits per heavy atom. The lowest BCUT2D eigenvalue weighted by molar-refractivity contribution is 0.0981. The molecular formula is C17H27NO2. The van der Waals surface area contributed by atoms with Crippen LogP contribution in [0.25, 0.3) is 0 Å². The van der Waals surface area contributed by atoms with Crippen molar-refractivity contribution in [3.8, 4) is 5.75 Å². The van der Waals surface area contributed by atoms with E-state index in [-0.39, 0.29) is 0 Å². The summed E-state index contributed by atoms with van der Waals surface area (Å²) in [5.41, 5.74) is 1.30. The zero-order chi connectivity index (χ0) is 14.2. The Kier molecular flexibility index (Phi) is 6.34. The van der Waals surface area contributed by atoms with Crippen LogP contribution < -0.4 is 10.1 Å². The van der Waals surface area contributed by atoms with E-state index in [1.165, 1.54) is 18.4 Å². The Balaban J connectivity index is 1.62. The third kappa shape index (κ3) is 5.51. The molecule has 0 aromatic heterocycles. The van der Waals surface area contributed by atoms with E-state index < -0.39 is 0 Å². The minimum Gasteiger partial charge on any atom is -0.494 e. The van der Waals surface area contributed by atoms with Gasteiger partial charge in [0.1, 0.15) is 5.75 Å². The highest BCUT2D eigenvalue weighted by Gasteiger charge is 2.14. The molecule has 0 aliphatic carbocycles. The molecule has 0 amide bonds. The molecular weight excluding hydrogens is 250 g/mol. The lowest BCUT2D eigenvalue weighted by Crippen LogP contribution is -2.21. The van der Waals surface area contributed by atoms with Gasteiger partial charge in [0.2, 0.25) is 0 Å². The zero-order valence-electron chi connectivity index (χ0n) is 12.7. The maximum atomic E-state index is 5.77. The van der Waals surface area contributed by atoms with E-state index >= 15 is 0 Å². The largest absolute Gasteiger partial charge is 0.494 e. The third-order valence-corrected chi connectivity index (χ3v) is 3.60. The number of rotatable bonds is 8. The molecule has 0 saturated carbocycles. The fraction of sp³-hybridized carbons (Fsp3) is 0.647. The van der Waals surface area contributed by atoms with Gasteiger partial charge in [0, 0.05) is 19.2 Å². The average molecular weight is 277 g/mol. The molecule has 1 aromatic carbocycles. The summed E-state index contributed by atoms with van der Waals surface area (Å²) in [6.45, 7) is 6.95. The van der Waals surface area contributed by atoms with E-state index in [1.54, 1.807) is 0 Å². The highest BCUT2D eigenvalue weighted by atomic mass is 16.5. The fourth-order valence-corrected chi connectivity index (χ4v) is 2.40. The molecule has 3 heteroatoms. The zero-order valence-corrected chi connectivity index (χ0v) is 12.7. The Hall–Kier alpha value is -1.06. The molecule has 1 aliphatic rings. The van der Waals surface area contributed by atoms with Gasteiger partial charge < -0.3 is 14.8 Å². The van der Waals surface area contributed by atoms with Gasteiger partial charge in [-0.05, 0) is 43.4 Å². The first-order chi connectivity index (χ1) is 9.74. The van der Waals surface area contributed by atoms with Gasteiger partial charge in [-0.2, -0.15) is 0 Å². The van der Waals surface area contributed by atoms with Crippen molar-refractivity contribution in [3.63, 3.8) is 0 Å². The lowest BCUT2D eigenvalue weighted by Gasteiger charge is -2.11. The molecule has 1 atom stereocenters. The summed E-state index contributed by atoms with van der Waals surface area (Å²) in [7, 11) is 0. The monoisotopic (exact) mass is 277 g/mol. The van der Waals surface area contributed by atoms with Crippen molar-refractivity contribution in [2.24, 2.45) is 0 Å². The smallest absolute Gasteiger partial charge is 0.119 e. The molecule has 1 heterocycles. The van der Waals surface area contributed by atoms with Crippen LogP contribution in [0.15, 0.2) is 24.3 Å². The Morgan fingerprint density at radius 2 is 2.10 bits per heavy atom. The molecule has 0 spiro atoms. The van der Waals surface area contributed by atoms with Crippen LogP contribution >= 0.6 is 0 Å². The minimum atomic E-state index is 0.475. The van der Waals surface area contributed by atoms with E-state index in [0.29, 0.717) is 12.1 Å². The second-order valence-electron chi connectivity index (χ2n) is 5.81. The van der Waals surface area contributed by atoms with Gasteiger partial charge in [0.15, 0.2) is 0 Å². The van der Waals surface area contributed by atoms with Gasteiger partial charge >= 0.3 is 0 Å². The van der Waals surface area contributed by atoms with Crippen molar-refractivity contribution >= 4 is 0 Å². The number of ether oxygens (including phenoxy) is 2. The third-order valence-electron chi connectivity index (χ3n) is 3.60. The predicted octanol–water partition coefficient (Wildman–Crippen LogP) is 3.52. The summed E-state index contributed by atoms with van der Waals surface area (Å²) in [5, 5.41) is 3.41. The van der Waals surface area contributed by atoms with E-state index in [2.05, 4.69) is 43.4 Å². The second kappa shape index (κ2) is 8.28. The van der Waals surface area contributed by atoms with Crippen LogP contribution in [0.1, 0.15) is 45.1 Å². The minimum absolute atomic E-state index is 0.475. The summed E-state index contributed by atoms with van der Waals surface area (Å²) in [6.07, 6.45) is 5.11. The van der Waals surface area contributed by atoms with Crippen LogP contribution in [-0.4, -0.2) is 25.4 Å². The van der Waals surface area contributed by atoms with Crippen molar-refractivity contribution < 1.29 is 9.47 Å². The molecule has 0 radical (unpaired) electrons. The Morgan fingerprint density at radius 3 is 2.75 bits per heavy atom. The van der Waals surface area contributed by atoms with Crippen LogP contribution in [0.4, 0.5) is 0 Å². The van der Waals surface area contributed by atoms with Gasteiger partial charge in [-0.1, -0.05) is 26.0 Å². The lowest BCUT2D eigenvalue weighted by atomic mass is 10.1. The molecule has 1 aliphatic heterocycles. The molecule has 1 unspecified atom stereocenters. The molecule has 20 heavy (non-hydrogen) atoms. The summed E-state index contributed by atoms with van der Waals surface area (Å²) in [4.78, 5) is 0. The second-order valence-corrected chi connectivity index (χ2v) is 5.81. The number of hydrogen-bond donors (Lipinski definition) is 1. The number of nitrogens with one attached hydrogen (secondary N) is 1. The predicted molar refractivity (Wildman–Crippen MR) is 82.1 cm³/mol. The molecule has 1 aromatic rings. The van der Waals surface area contributed by atoms with Crippen LogP contribution in [-0.2, 0) is 11.3 Å². The van der Waals surface area contributed by atoms with Gasteiger partial charge in [0.25, 0.3) is 0 Å². The topological polar surface area (TPSA) is 30.5 Å². The average Bonchev–Trinajstić information content (AvgIpc) is 2.96. The molecule has 2 rings (SSSR count). The molecule has 112 valence electrons. The van der Waals surface area contributed by atoms with E-state index in [1.807, 2.05) is 0 Å². The van der Waals surface area contributed by atoms with Crippen molar-refractivity contribution in [3.05, 3.63) is 29.8 Å². The van der Waals surface area contributed by atoms with Gasteiger partial charge in [-0.3, -0.25) is 0 Å². The Bertz CT molecular complexity index is 369. The van der Waals surface area contributed by atoms with Crippen molar-refractivity contribution in [2.45, 2.75) is 58.2 Å². The molecule has 1 saturated heterocycles. The first kappa shape index (κ1) is 15.3. The number of benzene rings is 1. The van der Waals surface area contributed by atoms with Crippen molar-refractivity contribution in [2.75, 3.05) is 13.2 Å².